The molecule has 2 fully saturated rings. The summed E-state index contributed by atoms with van der Waals surface area (Å²) in [4.78, 5) is 27.0. The summed E-state index contributed by atoms with van der Waals surface area (Å²) < 4.78 is 7.28. The SMILES string of the molecule is CC(=O)NCC1CCCN(c2ncnc3c2ncn3CC2(CO)COC2)C1. The van der Waals surface area contributed by atoms with Crippen LogP contribution in [0, 0.1) is 11.3 Å². The van der Waals surface area contributed by atoms with Crippen molar-refractivity contribution in [2.24, 2.45) is 11.3 Å². The summed E-state index contributed by atoms with van der Waals surface area (Å²) in [6, 6.07) is 0. The molecule has 0 aliphatic carbocycles. The van der Waals surface area contributed by atoms with Gasteiger partial charge in [0.15, 0.2) is 17.0 Å². The molecule has 2 aliphatic heterocycles. The van der Waals surface area contributed by atoms with Crippen LogP contribution in [0.3, 0.4) is 0 Å². The molecule has 27 heavy (non-hydrogen) atoms. The molecule has 0 aromatic carbocycles. The summed E-state index contributed by atoms with van der Waals surface area (Å²) in [6.45, 7) is 5.82. The van der Waals surface area contributed by atoms with Crippen molar-refractivity contribution in [2.75, 3.05) is 44.4 Å². The average Bonchev–Trinajstić information content (AvgIpc) is 3.06. The second-order valence-electron chi connectivity index (χ2n) is 7.78. The summed E-state index contributed by atoms with van der Waals surface area (Å²) in [5.41, 5.74) is 1.32. The van der Waals surface area contributed by atoms with E-state index in [2.05, 4.69) is 25.2 Å². The predicted molar refractivity (Wildman–Crippen MR) is 99.3 cm³/mol. The number of hydrogen-bond donors (Lipinski definition) is 2. The number of aliphatic hydroxyl groups is 1. The van der Waals surface area contributed by atoms with Crippen LogP contribution in [0.25, 0.3) is 11.2 Å². The van der Waals surface area contributed by atoms with Gasteiger partial charge in [-0.25, -0.2) is 15.0 Å². The Bertz CT molecular complexity index is 813. The van der Waals surface area contributed by atoms with Crippen LogP contribution in [0.4, 0.5) is 5.82 Å². The van der Waals surface area contributed by atoms with E-state index in [9.17, 15) is 9.90 Å². The highest BCUT2D eigenvalue weighted by Crippen LogP contribution is 2.31. The molecule has 1 amide bonds. The molecule has 1 unspecified atom stereocenters. The van der Waals surface area contributed by atoms with Crippen molar-refractivity contribution in [3.63, 3.8) is 0 Å². The van der Waals surface area contributed by atoms with Gasteiger partial charge in [-0.3, -0.25) is 4.79 Å². The van der Waals surface area contributed by atoms with E-state index >= 15 is 0 Å². The highest BCUT2D eigenvalue weighted by Gasteiger charge is 2.39. The van der Waals surface area contributed by atoms with Gasteiger partial charge in [-0.2, -0.15) is 0 Å². The van der Waals surface area contributed by atoms with E-state index in [0.717, 1.165) is 42.9 Å². The second-order valence-corrected chi connectivity index (χ2v) is 7.78. The van der Waals surface area contributed by atoms with Crippen LogP contribution in [0.1, 0.15) is 19.8 Å². The lowest BCUT2D eigenvalue weighted by Gasteiger charge is -2.40. The van der Waals surface area contributed by atoms with Crippen molar-refractivity contribution >= 4 is 22.9 Å². The highest BCUT2D eigenvalue weighted by atomic mass is 16.5. The summed E-state index contributed by atoms with van der Waals surface area (Å²) in [7, 11) is 0. The van der Waals surface area contributed by atoms with Crippen molar-refractivity contribution in [1.82, 2.24) is 24.8 Å². The number of hydrogen-bond acceptors (Lipinski definition) is 7. The summed E-state index contributed by atoms with van der Waals surface area (Å²) in [5, 5.41) is 12.6. The first-order valence-electron chi connectivity index (χ1n) is 9.44. The summed E-state index contributed by atoms with van der Waals surface area (Å²) in [5.74, 6) is 1.25. The zero-order chi connectivity index (χ0) is 18.9. The van der Waals surface area contributed by atoms with Gasteiger partial charge in [0.05, 0.1) is 31.6 Å². The van der Waals surface area contributed by atoms with Crippen LogP contribution in [0.15, 0.2) is 12.7 Å². The molecule has 4 heterocycles. The molecule has 0 spiro atoms. The van der Waals surface area contributed by atoms with E-state index < -0.39 is 0 Å². The fourth-order valence-electron chi connectivity index (χ4n) is 3.91. The molecule has 0 bridgehead atoms. The molecule has 2 saturated heterocycles. The number of carbonyl (C=O) groups is 1. The number of anilines is 1. The number of piperidine rings is 1. The minimum atomic E-state index is -0.243. The number of carbonyl (C=O) groups excluding carboxylic acids is 1. The van der Waals surface area contributed by atoms with E-state index in [-0.39, 0.29) is 17.9 Å². The van der Waals surface area contributed by atoms with Crippen molar-refractivity contribution in [3.8, 4) is 0 Å². The number of aliphatic hydroxyl groups excluding tert-OH is 1. The first kappa shape index (κ1) is 18.1. The zero-order valence-corrected chi connectivity index (χ0v) is 15.6. The smallest absolute Gasteiger partial charge is 0.216 e. The molecular weight excluding hydrogens is 348 g/mol. The quantitative estimate of drug-likeness (QED) is 0.743. The van der Waals surface area contributed by atoms with E-state index in [4.69, 9.17) is 4.74 Å². The number of nitrogens with one attached hydrogen (secondary N) is 1. The third kappa shape index (κ3) is 3.61. The Morgan fingerprint density at radius 3 is 2.96 bits per heavy atom. The van der Waals surface area contributed by atoms with Gasteiger partial charge in [0.25, 0.3) is 0 Å². The molecule has 2 aromatic rings. The third-order valence-electron chi connectivity index (χ3n) is 5.50. The van der Waals surface area contributed by atoms with Crippen LogP contribution >= 0.6 is 0 Å². The lowest BCUT2D eigenvalue weighted by Crippen LogP contribution is -2.48. The van der Waals surface area contributed by atoms with Crippen LogP contribution < -0.4 is 10.2 Å². The Labute approximate surface area is 157 Å². The molecule has 0 radical (unpaired) electrons. The van der Waals surface area contributed by atoms with Crippen LogP contribution in [0.2, 0.25) is 0 Å². The molecule has 2 aliphatic rings. The van der Waals surface area contributed by atoms with Gasteiger partial charge >= 0.3 is 0 Å². The summed E-state index contributed by atoms with van der Waals surface area (Å²) >= 11 is 0. The third-order valence-corrected chi connectivity index (χ3v) is 5.50. The van der Waals surface area contributed by atoms with Crippen molar-refractivity contribution in [3.05, 3.63) is 12.7 Å². The number of aromatic nitrogens is 4. The maximum atomic E-state index is 11.2. The van der Waals surface area contributed by atoms with Crippen LogP contribution in [0.5, 0.6) is 0 Å². The lowest BCUT2D eigenvalue weighted by molar-refractivity contribution is -0.144. The van der Waals surface area contributed by atoms with Crippen LogP contribution in [-0.2, 0) is 16.1 Å². The normalized spacial score (nSPS) is 21.9. The first-order chi connectivity index (χ1) is 13.1. The molecule has 146 valence electrons. The van der Waals surface area contributed by atoms with Gasteiger partial charge in [-0.05, 0) is 18.8 Å². The lowest BCUT2D eigenvalue weighted by atomic mass is 9.87. The first-order valence-corrected chi connectivity index (χ1v) is 9.44. The Morgan fingerprint density at radius 1 is 1.41 bits per heavy atom. The Balaban J connectivity index is 1.55. The maximum Gasteiger partial charge on any atom is 0.216 e. The Morgan fingerprint density at radius 2 is 2.26 bits per heavy atom. The molecule has 9 nitrogen and oxygen atoms in total. The number of rotatable bonds is 6. The van der Waals surface area contributed by atoms with Gasteiger partial charge in [-0.15, -0.1) is 0 Å². The molecule has 2 N–H and O–H groups in total. The van der Waals surface area contributed by atoms with Gasteiger partial charge in [0.2, 0.25) is 5.91 Å². The predicted octanol–water partition coefficient (Wildman–Crippen LogP) is 0.188. The Kier molecular flexibility index (Phi) is 4.96. The van der Waals surface area contributed by atoms with E-state index in [1.54, 1.807) is 19.6 Å². The topological polar surface area (TPSA) is 105 Å². The number of imidazole rings is 1. The standard InChI is InChI=1S/C18H26N6O3/c1-13(26)19-5-14-3-2-4-23(6-14)16-15-17(21-11-20-16)24(12-22-15)7-18(8-25)9-27-10-18/h11-12,14,25H,2-10H2,1H3,(H,19,26). The molecule has 0 saturated carbocycles. The number of ether oxygens (including phenoxy) is 1. The van der Waals surface area contributed by atoms with Crippen molar-refractivity contribution < 1.29 is 14.6 Å². The molecule has 1 atom stereocenters. The largest absolute Gasteiger partial charge is 0.396 e. The maximum absolute atomic E-state index is 11.2. The van der Waals surface area contributed by atoms with Gasteiger partial charge in [-0.1, -0.05) is 0 Å². The van der Waals surface area contributed by atoms with Gasteiger partial charge in [0.1, 0.15) is 6.33 Å². The molecule has 9 heteroatoms. The van der Waals surface area contributed by atoms with E-state index in [1.165, 1.54) is 0 Å². The number of fused-ring (bicyclic) bond motifs is 1. The van der Waals surface area contributed by atoms with Crippen LogP contribution in [-0.4, -0.2) is 70.0 Å². The van der Waals surface area contributed by atoms with Gasteiger partial charge in [0, 0.05) is 33.1 Å². The minimum Gasteiger partial charge on any atom is -0.396 e. The molecule has 4 rings (SSSR count). The van der Waals surface area contributed by atoms with Crippen molar-refractivity contribution in [2.45, 2.75) is 26.3 Å². The Hall–Kier alpha value is -2.26. The van der Waals surface area contributed by atoms with Crippen molar-refractivity contribution in [1.29, 1.82) is 0 Å². The second kappa shape index (κ2) is 7.40. The fourth-order valence-corrected chi connectivity index (χ4v) is 3.91. The van der Waals surface area contributed by atoms with Gasteiger partial charge < -0.3 is 24.6 Å². The van der Waals surface area contributed by atoms with E-state index in [1.807, 2.05) is 4.57 Å². The molecular formula is C18H26N6O3. The van der Waals surface area contributed by atoms with E-state index in [0.29, 0.717) is 32.2 Å². The number of nitrogens with zero attached hydrogens (tertiary/aromatic N) is 5. The molecule has 2 aromatic heterocycles. The fraction of sp³-hybridized carbons (Fsp3) is 0.667. The minimum absolute atomic E-state index is 0.00748. The summed E-state index contributed by atoms with van der Waals surface area (Å²) in [6.07, 6.45) is 5.51. The number of amides is 1. The average molecular weight is 374 g/mol. The highest BCUT2D eigenvalue weighted by molar-refractivity contribution is 5.83. The monoisotopic (exact) mass is 374 g/mol. The zero-order valence-electron chi connectivity index (χ0n) is 15.6.